The van der Waals surface area contributed by atoms with Crippen molar-refractivity contribution in [1.29, 1.82) is 0 Å². The quantitative estimate of drug-likeness (QED) is 0.738. The highest BCUT2D eigenvalue weighted by Crippen LogP contribution is 2.29. The van der Waals surface area contributed by atoms with Crippen LogP contribution in [0.15, 0.2) is 39.3 Å². The van der Waals surface area contributed by atoms with E-state index in [1.54, 1.807) is 6.07 Å². The maximum Gasteiger partial charge on any atom is 0.240 e. The zero-order chi connectivity index (χ0) is 18.8. The summed E-state index contributed by atoms with van der Waals surface area (Å²) in [5.74, 6) is 1.71. The molecule has 0 aliphatic carbocycles. The van der Waals surface area contributed by atoms with Crippen LogP contribution in [0.25, 0.3) is 11.1 Å². The zero-order valence-corrected chi connectivity index (χ0v) is 15.6. The standard InChI is InChI=1S/C20H24N4O3/c1-13(2)16-11-19(27-23-16)22-18(25)12-24-9-7-14(8-10-24)20-21-15-5-3-4-6-17(15)26-20/h3-6,11,13-14H,7-10,12H2,1-2H3,(H,22,25). The van der Waals surface area contributed by atoms with Gasteiger partial charge in [0.2, 0.25) is 11.8 Å². The number of hydrogen-bond donors (Lipinski definition) is 1. The number of rotatable bonds is 5. The largest absolute Gasteiger partial charge is 0.440 e. The van der Waals surface area contributed by atoms with Crippen LogP contribution >= 0.6 is 0 Å². The first-order valence-corrected chi connectivity index (χ1v) is 9.43. The minimum Gasteiger partial charge on any atom is -0.440 e. The molecule has 1 aliphatic heterocycles. The van der Waals surface area contributed by atoms with Gasteiger partial charge in [-0.05, 0) is 44.0 Å². The average molecular weight is 368 g/mol. The molecule has 2 aromatic heterocycles. The summed E-state index contributed by atoms with van der Waals surface area (Å²) in [7, 11) is 0. The number of nitrogens with zero attached hydrogens (tertiary/aromatic N) is 3. The monoisotopic (exact) mass is 368 g/mol. The molecule has 3 aromatic rings. The van der Waals surface area contributed by atoms with Crippen LogP contribution in [0.2, 0.25) is 0 Å². The normalized spacial score (nSPS) is 16.3. The molecule has 7 nitrogen and oxygen atoms in total. The number of aromatic nitrogens is 2. The molecular weight excluding hydrogens is 344 g/mol. The van der Waals surface area contributed by atoms with Crippen molar-refractivity contribution in [2.75, 3.05) is 25.0 Å². The molecule has 1 saturated heterocycles. The maximum atomic E-state index is 12.3. The van der Waals surface area contributed by atoms with Crippen LogP contribution in [-0.4, -0.2) is 40.6 Å². The molecular formula is C20H24N4O3. The summed E-state index contributed by atoms with van der Waals surface area (Å²) in [6.45, 7) is 6.09. The number of para-hydroxylation sites is 2. The summed E-state index contributed by atoms with van der Waals surface area (Å²) in [5, 5.41) is 6.74. The van der Waals surface area contributed by atoms with E-state index in [4.69, 9.17) is 8.94 Å². The lowest BCUT2D eigenvalue weighted by Crippen LogP contribution is -2.38. The highest BCUT2D eigenvalue weighted by atomic mass is 16.5. The number of piperidine rings is 1. The van der Waals surface area contributed by atoms with E-state index in [1.807, 2.05) is 38.1 Å². The third-order valence-corrected chi connectivity index (χ3v) is 5.00. The van der Waals surface area contributed by atoms with Crippen LogP contribution in [0.5, 0.6) is 0 Å². The van der Waals surface area contributed by atoms with Crippen molar-refractivity contribution >= 4 is 22.9 Å². The first-order valence-electron chi connectivity index (χ1n) is 9.43. The van der Waals surface area contributed by atoms with E-state index in [0.717, 1.165) is 48.6 Å². The number of nitrogens with one attached hydrogen (secondary N) is 1. The fourth-order valence-electron chi connectivity index (χ4n) is 3.40. The van der Waals surface area contributed by atoms with Crippen LogP contribution < -0.4 is 5.32 Å². The summed E-state index contributed by atoms with van der Waals surface area (Å²) >= 11 is 0. The molecule has 27 heavy (non-hydrogen) atoms. The van der Waals surface area contributed by atoms with Crippen molar-refractivity contribution in [2.24, 2.45) is 0 Å². The van der Waals surface area contributed by atoms with Crippen molar-refractivity contribution in [3.63, 3.8) is 0 Å². The van der Waals surface area contributed by atoms with Gasteiger partial charge in [0.25, 0.3) is 0 Å². The van der Waals surface area contributed by atoms with E-state index >= 15 is 0 Å². The second-order valence-corrected chi connectivity index (χ2v) is 7.39. The topological polar surface area (TPSA) is 84.4 Å². The van der Waals surface area contributed by atoms with E-state index in [-0.39, 0.29) is 11.8 Å². The third kappa shape index (κ3) is 4.03. The molecule has 0 radical (unpaired) electrons. The molecule has 7 heteroatoms. The molecule has 0 unspecified atom stereocenters. The zero-order valence-electron chi connectivity index (χ0n) is 15.6. The second-order valence-electron chi connectivity index (χ2n) is 7.39. The summed E-state index contributed by atoms with van der Waals surface area (Å²) in [4.78, 5) is 19.0. The van der Waals surface area contributed by atoms with Gasteiger partial charge >= 0.3 is 0 Å². The Hall–Kier alpha value is -2.67. The Labute approximate surface area is 157 Å². The van der Waals surface area contributed by atoms with Gasteiger partial charge in [0.1, 0.15) is 5.52 Å². The lowest BCUT2D eigenvalue weighted by atomic mass is 9.97. The Bertz CT molecular complexity index is 889. The fourth-order valence-corrected chi connectivity index (χ4v) is 3.40. The van der Waals surface area contributed by atoms with Crippen molar-refractivity contribution in [1.82, 2.24) is 15.0 Å². The minimum absolute atomic E-state index is 0.0817. The van der Waals surface area contributed by atoms with Gasteiger partial charge in [-0.1, -0.05) is 31.1 Å². The molecule has 0 bridgehead atoms. The Morgan fingerprint density at radius 1 is 1.30 bits per heavy atom. The van der Waals surface area contributed by atoms with Crippen molar-refractivity contribution in [3.8, 4) is 0 Å². The van der Waals surface area contributed by atoms with Gasteiger partial charge in [0, 0.05) is 12.0 Å². The average Bonchev–Trinajstić information content (AvgIpc) is 3.29. The lowest BCUT2D eigenvalue weighted by Gasteiger charge is -2.29. The molecule has 1 N–H and O–H groups in total. The number of hydrogen-bond acceptors (Lipinski definition) is 6. The Balaban J connectivity index is 1.29. The molecule has 1 aliphatic rings. The highest BCUT2D eigenvalue weighted by Gasteiger charge is 2.25. The Morgan fingerprint density at radius 2 is 2.07 bits per heavy atom. The summed E-state index contributed by atoms with van der Waals surface area (Å²) < 4.78 is 11.1. The van der Waals surface area contributed by atoms with E-state index in [0.29, 0.717) is 18.3 Å². The number of fused-ring (bicyclic) bond motifs is 1. The van der Waals surface area contributed by atoms with Gasteiger partial charge in [-0.25, -0.2) is 4.98 Å². The van der Waals surface area contributed by atoms with Gasteiger partial charge < -0.3 is 8.94 Å². The van der Waals surface area contributed by atoms with Gasteiger partial charge in [0.05, 0.1) is 12.2 Å². The highest BCUT2D eigenvalue weighted by molar-refractivity contribution is 5.91. The van der Waals surface area contributed by atoms with Crippen LogP contribution in [-0.2, 0) is 4.79 Å². The van der Waals surface area contributed by atoms with E-state index < -0.39 is 0 Å². The number of carbonyl (C=O) groups excluding carboxylic acids is 1. The number of likely N-dealkylation sites (tertiary alicyclic amines) is 1. The van der Waals surface area contributed by atoms with Crippen LogP contribution in [0.1, 0.15) is 50.1 Å². The van der Waals surface area contributed by atoms with Crippen molar-refractivity contribution < 1.29 is 13.7 Å². The third-order valence-electron chi connectivity index (χ3n) is 5.00. The fraction of sp³-hybridized carbons (Fsp3) is 0.450. The molecule has 1 aromatic carbocycles. The van der Waals surface area contributed by atoms with Crippen molar-refractivity contribution in [2.45, 2.75) is 38.5 Å². The van der Waals surface area contributed by atoms with E-state index in [9.17, 15) is 4.79 Å². The van der Waals surface area contributed by atoms with Crippen LogP contribution in [0, 0.1) is 0 Å². The summed E-state index contributed by atoms with van der Waals surface area (Å²) in [6.07, 6.45) is 1.86. The minimum atomic E-state index is -0.0817. The predicted molar refractivity (Wildman–Crippen MR) is 102 cm³/mol. The lowest BCUT2D eigenvalue weighted by molar-refractivity contribution is -0.117. The molecule has 142 valence electrons. The Morgan fingerprint density at radius 3 is 2.78 bits per heavy atom. The number of carbonyl (C=O) groups is 1. The number of oxazole rings is 1. The maximum absolute atomic E-state index is 12.3. The first-order chi connectivity index (χ1) is 13.1. The van der Waals surface area contributed by atoms with Crippen LogP contribution in [0.3, 0.4) is 0 Å². The summed E-state index contributed by atoms with van der Waals surface area (Å²) in [5.41, 5.74) is 2.58. The number of amides is 1. The van der Waals surface area contributed by atoms with Gasteiger partial charge in [-0.15, -0.1) is 0 Å². The molecule has 0 spiro atoms. The molecule has 0 saturated carbocycles. The van der Waals surface area contributed by atoms with Gasteiger partial charge in [-0.3, -0.25) is 15.0 Å². The number of anilines is 1. The van der Waals surface area contributed by atoms with Gasteiger partial charge in [0.15, 0.2) is 11.5 Å². The predicted octanol–water partition coefficient (Wildman–Crippen LogP) is 3.76. The molecule has 4 rings (SSSR count). The smallest absolute Gasteiger partial charge is 0.240 e. The Kier molecular flexibility index (Phi) is 4.94. The van der Waals surface area contributed by atoms with Crippen LogP contribution in [0.4, 0.5) is 5.88 Å². The van der Waals surface area contributed by atoms with E-state index in [1.165, 1.54) is 0 Å². The number of benzene rings is 1. The molecule has 3 heterocycles. The van der Waals surface area contributed by atoms with E-state index in [2.05, 4.69) is 20.4 Å². The molecule has 0 atom stereocenters. The second kappa shape index (κ2) is 7.52. The SMILES string of the molecule is CC(C)c1cc(NC(=O)CN2CCC(c3nc4ccccc4o3)CC2)on1. The summed E-state index contributed by atoms with van der Waals surface area (Å²) in [6, 6.07) is 9.61. The molecule has 1 fully saturated rings. The van der Waals surface area contributed by atoms with Crippen molar-refractivity contribution in [3.05, 3.63) is 41.9 Å². The van der Waals surface area contributed by atoms with Gasteiger partial charge in [-0.2, -0.15) is 0 Å². The first kappa shape index (κ1) is 17.7. The molecule has 1 amide bonds.